The number of methoxy groups -OCH3 is 1. The molecular weight excluding hydrogens is 282 g/mol. The number of nitrogens with one attached hydrogen (secondary N) is 1. The van der Waals surface area contributed by atoms with Crippen LogP contribution >= 0.6 is 11.6 Å². The Kier molecular flexibility index (Phi) is 5.65. The minimum Gasteiger partial charge on any atom is -0.497 e. The van der Waals surface area contributed by atoms with Crippen LogP contribution in [0.5, 0.6) is 5.75 Å². The van der Waals surface area contributed by atoms with Crippen molar-refractivity contribution in [3.8, 4) is 5.75 Å². The van der Waals surface area contributed by atoms with E-state index in [2.05, 4.69) is 5.32 Å². The van der Waals surface area contributed by atoms with Crippen molar-refractivity contribution in [2.24, 2.45) is 0 Å². The van der Waals surface area contributed by atoms with E-state index < -0.39 is 17.8 Å². The lowest BCUT2D eigenvalue weighted by atomic mass is 10.1. The van der Waals surface area contributed by atoms with Crippen molar-refractivity contribution in [2.45, 2.75) is 32.5 Å². The van der Waals surface area contributed by atoms with E-state index in [9.17, 15) is 9.90 Å². The molecule has 0 bridgehead atoms. The molecule has 0 heterocycles. The SMILES string of the molecule is COc1ccc(C(O)CCl)c(NC(=O)OC(C)(C)C)c1. The number of hydrogen-bond donors (Lipinski definition) is 2. The summed E-state index contributed by atoms with van der Waals surface area (Å²) in [6.07, 6.45) is -1.48. The van der Waals surface area contributed by atoms with Crippen molar-refractivity contribution in [2.75, 3.05) is 18.3 Å². The fourth-order valence-corrected chi connectivity index (χ4v) is 1.72. The number of halogens is 1. The molecule has 0 aliphatic rings. The molecule has 0 aliphatic carbocycles. The lowest BCUT2D eigenvalue weighted by Crippen LogP contribution is -2.27. The van der Waals surface area contributed by atoms with Gasteiger partial charge in [-0.25, -0.2) is 4.79 Å². The molecule has 1 amide bonds. The highest BCUT2D eigenvalue weighted by atomic mass is 35.5. The summed E-state index contributed by atoms with van der Waals surface area (Å²) < 4.78 is 10.3. The van der Waals surface area contributed by atoms with E-state index >= 15 is 0 Å². The summed E-state index contributed by atoms with van der Waals surface area (Å²) in [4.78, 5) is 11.8. The highest BCUT2D eigenvalue weighted by Crippen LogP contribution is 2.28. The number of rotatable bonds is 4. The summed E-state index contributed by atoms with van der Waals surface area (Å²) in [5.41, 5.74) is 0.312. The summed E-state index contributed by atoms with van der Waals surface area (Å²) >= 11 is 5.65. The molecule has 0 spiro atoms. The zero-order valence-electron chi connectivity index (χ0n) is 12.1. The first-order valence-electron chi connectivity index (χ1n) is 6.19. The zero-order valence-corrected chi connectivity index (χ0v) is 12.8. The highest BCUT2D eigenvalue weighted by molar-refractivity contribution is 6.18. The van der Waals surface area contributed by atoms with E-state index in [-0.39, 0.29) is 5.88 Å². The monoisotopic (exact) mass is 301 g/mol. The number of alkyl halides is 1. The van der Waals surface area contributed by atoms with Crippen LogP contribution in [-0.4, -0.2) is 29.8 Å². The summed E-state index contributed by atoms with van der Waals surface area (Å²) in [5.74, 6) is 0.580. The standard InChI is InChI=1S/C14H20ClNO4/c1-14(2,3)20-13(18)16-11-7-9(19-4)5-6-10(11)12(17)8-15/h5-7,12,17H,8H2,1-4H3,(H,16,18). The van der Waals surface area contributed by atoms with Gasteiger partial charge in [0.05, 0.1) is 24.8 Å². The molecule has 1 rings (SSSR count). The zero-order chi connectivity index (χ0) is 15.3. The van der Waals surface area contributed by atoms with E-state index in [1.165, 1.54) is 7.11 Å². The van der Waals surface area contributed by atoms with Gasteiger partial charge in [0.15, 0.2) is 0 Å². The Morgan fingerprint density at radius 3 is 2.60 bits per heavy atom. The number of benzene rings is 1. The Morgan fingerprint density at radius 1 is 1.45 bits per heavy atom. The van der Waals surface area contributed by atoms with E-state index in [1.54, 1.807) is 39.0 Å². The van der Waals surface area contributed by atoms with Crippen LogP contribution < -0.4 is 10.1 Å². The maximum Gasteiger partial charge on any atom is 0.412 e. The quantitative estimate of drug-likeness (QED) is 0.837. The normalized spacial score (nSPS) is 12.7. The summed E-state index contributed by atoms with van der Waals surface area (Å²) in [7, 11) is 1.52. The van der Waals surface area contributed by atoms with Crippen LogP contribution in [0.1, 0.15) is 32.4 Å². The number of carbonyl (C=O) groups is 1. The molecular formula is C14H20ClNO4. The van der Waals surface area contributed by atoms with Crippen LogP contribution in [0.15, 0.2) is 18.2 Å². The van der Waals surface area contributed by atoms with Crippen molar-refractivity contribution < 1.29 is 19.4 Å². The molecule has 0 fully saturated rings. The molecule has 0 aromatic heterocycles. The maximum absolute atomic E-state index is 11.8. The topological polar surface area (TPSA) is 67.8 Å². The van der Waals surface area contributed by atoms with Crippen molar-refractivity contribution in [1.29, 1.82) is 0 Å². The van der Waals surface area contributed by atoms with Gasteiger partial charge in [0, 0.05) is 11.6 Å². The van der Waals surface area contributed by atoms with Crippen LogP contribution in [0.4, 0.5) is 10.5 Å². The van der Waals surface area contributed by atoms with Crippen LogP contribution in [0.25, 0.3) is 0 Å². The molecule has 0 saturated heterocycles. The Morgan fingerprint density at radius 2 is 2.10 bits per heavy atom. The van der Waals surface area contributed by atoms with Crippen molar-refractivity contribution in [3.05, 3.63) is 23.8 Å². The van der Waals surface area contributed by atoms with Crippen molar-refractivity contribution in [3.63, 3.8) is 0 Å². The van der Waals surface area contributed by atoms with Crippen LogP contribution in [0.2, 0.25) is 0 Å². The Bertz CT molecular complexity index is 471. The first kappa shape index (κ1) is 16.6. The Balaban J connectivity index is 2.98. The minimum atomic E-state index is -0.882. The molecule has 0 radical (unpaired) electrons. The van der Waals surface area contributed by atoms with Crippen LogP contribution in [-0.2, 0) is 4.74 Å². The number of aliphatic hydroxyl groups excluding tert-OH is 1. The molecule has 20 heavy (non-hydrogen) atoms. The minimum absolute atomic E-state index is 0.0231. The fraction of sp³-hybridized carbons (Fsp3) is 0.500. The molecule has 1 unspecified atom stereocenters. The van der Waals surface area contributed by atoms with E-state index in [0.717, 1.165) is 0 Å². The third-order valence-electron chi connectivity index (χ3n) is 2.40. The number of carbonyl (C=O) groups excluding carboxylic acids is 1. The fourth-order valence-electron chi connectivity index (χ4n) is 1.56. The van der Waals surface area contributed by atoms with Gasteiger partial charge in [-0.05, 0) is 26.8 Å². The van der Waals surface area contributed by atoms with Gasteiger partial charge >= 0.3 is 6.09 Å². The van der Waals surface area contributed by atoms with Gasteiger partial charge < -0.3 is 14.6 Å². The highest BCUT2D eigenvalue weighted by Gasteiger charge is 2.19. The number of ether oxygens (including phenoxy) is 2. The summed E-state index contributed by atoms with van der Waals surface area (Å²) in [6.45, 7) is 5.31. The molecule has 1 atom stereocenters. The predicted octanol–water partition coefficient (Wildman–Crippen LogP) is 3.31. The van der Waals surface area contributed by atoms with Crippen LogP contribution in [0, 0.1) is 0 Å². The first-order valence-corrected chi connectivity index (χ1v) is 6.72. The van der Waals surface area contributed by atoms with Gasteiger partial charge in [-0.1, -0.05) is 6.07 Å². The number of aliphatic hydroxyl groups is 1. The van der Waals surface area contributed by atoms with Gasteiger partial charge in [-0.2, -0.15) is 0 Å². The Hall–Kier alpha value is -1.46. The van der Waals surface area contributed by atoms with E-state index in [1.807, 2.05) is 0 Å². The van der Waals surface area contributed by atoms with Crippen molar-refractivity contribution >= 4 is 23.4 Å². The number of amides is 1. The number of anilines is 1. The first-order chi connectivity index (χ1) is 9.26. The average molecular weight is 302 g/mol. The van der Waals surface area contributed by atoms with Gasteiger partial charge in [0.25, 0.3) is 0 Å². The smallest absolute Gasteiger partial charge is 0.412 e. The maximum atomic E-state index is 11.8. The van der Waals surface area contributed by atoms with Gasteiger partial charge in [0.1, 0.15) is 11.4 Å². The number of hydrogen-bond acceptors (Lipinski definition) is 4. The molecule has 0 aliphatic heterocycles. The molecule has 112 valence electrons. The lowest BCUT2D eigenvalue weighted by molar-refractivity contribution is 0.0635. The van der Waals surface area contributed by atoms with Gasteiger partial charge in [-0.15, -0.1) is 11.6 Å². The molecule has 2 N–H and O–H groups in total. The second-order valence-corrected chi connectivity index (χ2v) is 5.56. The largest absolute Gasteiger partial charge is 0.497 e. The molecule has 0 saturated carbocycles. The molecule has 1 aromatic carbocycles. The predicted molar refractivity (Wildman–Crippen MR) is 78.5 cm³/mol. The van der Waals surface area contributed by atoms with Gasteiger partial charge in [-0.3, -0.25) is 5.32 Å². The van der Waals surface area contributed by atoms with Crippen LogP contribution in [0.3, 0.4) is 0 Å². The molecule has 5 nitrogen and oxygen atoms in total. The summed E-state index contributed by atoms with van der Waals surface area (Å²) in [6, 6.07) is 4.94. The van der Waals surface area contributed by atoms with Crippen molar-refractivity contribution in [1.82, 2.24) is 0 Å². The van der Waals surface area contributed by atoms with E-state index in [0.29, 0.717) is 17.0 Å². The molecule has 6 heteroatoms. The summed E-state index contributed by atoms with van der Waals surface area (Å²) in [5, 5.41) is 12.5. The second-order valence-electron chi connectivity index (χ2n) is 5.25. The third kappa shape index (κ3) is 4.90. The van der Waals surface area contributed by atoms with Gasteiger partial charge in [0.2, 0.25) is 0 Å². The molecule has 1 aromatic rings. The third-order valence-corrected chi connectivity index (χ3v) is 2.69. The average Bonchev–Trinajstić information content (AvgIpc) is 2.35. The second kappa shape index (κ2) is 6.81. The lowest BCUT2D eigenvalue weighted by Gasteiger charge is -2.21. The van der Waals surface area contributed by atoms with E-state index in [4.69, 9.17) is 21.1 Å². The Labute approximate surface area is 123 Å².